The first kappa shape index (κ1) is 25.5. The molecule has 2 amide bonds. The van der Waals surface area contributed by atoms with Crippen molar-refractivity contribution in [3.8, 4) is 0 Å². The summed E-state index contributed by atoms with van der Waals surface area (Å²) in [6, 6.07) is 14.1. The quantitative estimate of drug-likeness (QED) is 0.673. The first-order chi connectivity index (χ1) is 16.7. The number of carbonyl (C=O) groups excluding carboxylic acids is 2. The van der Waals surface area contributed by atoms with Crippen molar-refractivity contribution in [2.24, 2.45) is 17.6 Å². The molecular weight excluding hydrogens is 460 g/mol. The summed E-state index contributed by atoms with van der Waals surface area (Å²) >= 11 is 6.09. The summed E-state index contributed by atoms with van der Waals surface area (Å²) in [5.41, 5.74) is 11.2. The minimum absolute atomic E-state index is 0.0116. The molecule has 2 N–H and O–H groups in total. The van der Waals surface area contributed by atoms with Crippen LogP contribution >= 0.6 is 11.6 Å². The van der Waals surface area contributed by atoms with Gasteiger partial charge in [-0.3, -0.25) is 9.59 Å². The number of anilines is 1. The van der Waals surface area contributed by atoms with E-state index in [0.717, 1.165) is 18.7 Å². The second kappa shape index (κ2) is 10.6. The predicted octanol–water partition coefficient (Wildman–Crippen LogP) is 4.21. The third-order valence-corrected chi connectivity index (χ3v) is 7.82. The Kier molecular flexibility index (Phi) is 7.72. The number of halogens is 1. The Morgan fingerprint density at radius 2 is 1.63 bits per heavy atom. The van der Waals surface area contributed by atoms with E-state index in [0.29, 0.717) is 37.1 Å². The fourth-order valence-electron chi connectivity index (χ4n) is 5.35. The number of amides is 2. The van der Waals surface area contributed by atoms with Gasteiger partial charge in [0, 0.05) is 68.9 Å². The zero-order chi connectivity index (χ0) is 25.3. The van der Waals surface area contributed by atoms with Crippen LogP contribution in [0.25, 0.3) is 0 Å². The lowest BCUT2D eigenvalue weighted by Gasteiger charge is -2.39. The Hall–Kier alpha value is -2.57. The normalized spacial score (nSPS) is 21.5. The number of piperazine rings is 1. The first-order valence-corrected chi connectivity index (χ1v) is 12.9. The monoisotopic (exact) mass is 496 g/mol. The van der Waals surface area contributed by atoms with Gasteiger partial charge in [0.2, 0.25) is 11.8 Å². The Balaban J connectivity index is 1.49. The Bertz CT molecular complexity index is 1060. The summed E-state index contributed by atoms with van der Waals surface area (Å²) < 4.78 is 0. The van der Waals surface area contributed by atoms with Crippen LogP contribution in [0.3, 0.4) is 0 Å². The number of nitrogens with two attached hydrogens (primary N) is 1. The van der Waals surface area contributed by atoms with Crippen LogP contribution in [0.15, 0.2) is 42.5 Å². The lowest BCUT2D eigenvalue weighted by molar-refractivity contribution is -0.136. The van der Waals surface area contributed by atoms with E-state index in [1.807, 2.05) is 29.2 Å². The Morgan fingerprint density at radius 1 is 0.971 bits per heavy atom. The molecule has 2 fully saturated rings. The summed E-state index contributed by atoms with van der Waals surface area (Å²) in [4.78, 5) is 32.0. The molecule has 3 atom stereocenters. The molecule has 0 aliphatic carbocycles. The van der Waals surface area contributed by atoms with E-state index in [-0.39, 0.29) is 29.7 Å². The zero-order valence-corrected chi connectivity index (χ0v) is 22.0. The van der Waals surface area contributed by atoms with Crippen molar-refractivity contribution in [3.63, 3.8) is 0 Å². The zero-order valence-electron chi connectivity index (χ0n) is 21.2. The lowest BCUT2D eigenvalue weighted by Crippen LogP contribution is -2.51. The highest BCUT2D eigenvalue weighted by atomic mass is 35.5. The SMILES string of the molecule is CC(=O)N1C[C@@H](C(=O)N2CCN(c3ccc(C)cc3[C@@H](N)C(C)C)CC2)[C@H](c2ccc(Cl)cc2)C1. The third-order valence-electron chi connectivity index (χ3n) is 7.57. The first-order valence-electron chi connectivity index (χ1n) is 12.6. The molecule has 6 nitrogen and oxygen atoms in total. The molecular formula is C28H37ClN4O2. The highest BCUT2D eigenvalue weighted by Crippen LogP contribution is 2.36. The summed E-state index contributed by atoms with van der Waals surface area (Å²) in [6.45, 7) is 11.8. The number of hydrogen-bond acceptors (Lipinski definition) is 4. The van der Waals surface area contributed by atoms with Crippen molar-refractivity contribution in [3.05, 3.63) is 64.2 Å². The van der Waals surface area contributed by atoms with Crippen LogP contribution in [0, 0.1) is 18.8 Å². The fraction of sp³-hybridized carbons (Fsp3) is 0.500. The maximum Gasteiger partial charge on any atom is 0.228 e. The summed E-state index contributed by atoms with van der Waals surface area (Å²) in [7, 11) is 0. The van der Waals surface area contributed by atoms with Gasteiger partial charge < -0.3 is 20.4 Å². The fourth-order valence-corrected chi connectivity index (χ4v) is 5.48. The predicted molar refractivity (Wildman–Crippen MR) is 142 cm³/mol. The van der Waals surface area contributed by atoms with Crippen molar-refractivity contribution in [1.82, 2.24) is 9.80 Å². The number of carbonyl (C=O) groups is 2. The molecule has 4 rings (SSSR count). The minimum atomic E-state index is -0.240. The molecule has 0 unspecified atom stereocenters. The standard InChI is InChI=1S/C28H37ClN4O2/c1-18(2)27(30)23-15-19(3)5-10-26(23)31-11-13-32(14-12-31)28(35)25-17-33(20(4)34)16-24(25)21-6-8-22(29)9-7-21/h5-10,15,18,24-25,27H,11-14,16-17,30H2,1-4H3/t24-,25+,27-/m0/s1. The van der Waals surface area contributed by atoms with Crippen LogP contribution in [0.5, 0.6) is 0 Å². The van der Waals surface area contributed by atoms with Crippen molar-refractivity contribution < 1.29 is 9.59 Å². The lowest BCUT2D eigenvalue weighted by atomic mass is 9.88. The molecule has 0 saturated carbocycles. The molecule has 0 radical (unpaired) electrons. The van der Waals surface area contributed by atoms with Crippen LogP contribution in [0.1, 0.15) is 49.4 Å². The molecule has 35 heavy (non-hydrogen) atoms. The van der Waals surface area contributed by atoms with Crippen molar-refractivity contribution in [2.45, 2.75) is 39.7 Å². The van der Waals surface area contributed by atoms with Gasteiger partial charge in [-0.05, 0) is 42.2 Å². The molecule has 2 heterocycles. The molecule has 188 valence electrons. The van der Waals surface area contributed by atoms with Gasteiger partial charge in [0.1, 0.15) is 0 Å². The van der Waals surface area contributed by atoms with Crippen LogP contribution < -0.4 is 10.6 Å². The number of rotatable bonds is 5. The van der Waals surface area contributed by atoms with Crippen molar-refractivity contribution >= 4 is 29.1 Å². The van der Waals surface area contributed by atoms with Crippen LogP contribution in [-0.4, -0.2) is 60.9 Å². The number of nitrogens with zero attached hydrogens (tertiary/aromatic N) is 3. The molecule has 2 aromatic carbocycles. The summed E-state index contributed by atoms with van der Waals surface area (Å²) in [5.74, 6) is 0.231. The molecule has 2 aliphatic rings. The summed E-state index contributed by atoms with van der Waals surface area (Å²) in [5, 5.41) is 0.668. The Labute approximate surface area is 214 Å². The topological polar surface area (TPSA) is 69.9 Å². The van der Waals surface area contributed by atoms with Crippen molar-refractivity contribution in [1.29, 1.82) is 0 Å². The highest BCUT2D eigenvalue weighted by Gasteiger charge is 2.41. The van der Waals surface area contributed by atoms with Gasteiger partial charge in [0.05, 0.1) is 5.92 Å². The highest BCUT2D eigenvalue weighted by molar-refractivity contribution is 6.30. The van der Waals surface area contributed by atoms with Gasteiger partial charge in [-0.1, -0.05) is 55.3 Å². The van der Waals surface area contributed by atoms with Gasteiger partial charge in [-0.2, -0.15) is 0 Å². The average molecular weight is 497 g/mol. The smallest absolute Gasteiger partial charge is 0.228 e. The molecule has 2 aliphatic heterocycles. The van der Waals surface area contributed by atoms with Gasteiger partial charge >= 0.3 is 0 Å². The molecule has 0 spiro atoms. The van der Waals surface area contributed by atoms with Gasteiger partial charge in [0.25, 0.3) is 0 Å². The van der Waals surface area contributed by atoms with E-state index < -0.39 is 0 Å². The van der Waals surface area contributed by atoms with E-state index in [2.05, 4.69) is 43.9 Å². The van der Waals surface area contributed by atoms with Crippen LogP contribution in [0.2, 0.25) is 5.02 Å². The van der Waals surface area contributed by atoms with E-state index in [4.69, 9.17) is 17.3 Å². The maximum atomic E-state index is 13.7. The van der Waals surface area contributed by atoms with Crippen molar-refractivity contribution in [2.75, 3.05) is 44.2 Å². The van der Waals surface area contributed by atoms with Crippen LogP contribution in [0.4, 0.5) is 5.69 Å². The largest absolute Gasteiger partial charge is 0.368 e. The molecule has 2 aromatic rings. The Morgan fingerprint density at radius 3 is 2.23 bits per heavy atom. The van der Waals surface area contributed by atoms with Gasteiger partial charge in [-0.15, -0.1) is 0 Å². The number of likely N-dealkylation sites (tertiary alicyclic amines) is 1. The molecule has 0 bridgehead atoms. The van der Waals surface area contributed by atoms with Gasteiger partial charge in [0.15, 0.2) is 0 Å². The van der Waals surface area contributed by atoms with E-state index in [1.54, 1.807) is 11.8 Å². The second-order valence-corrected chi connectivity index (χ2v) is 10.8. The minimum Gasteiger partial charge on any atom is -0.368 e. The maximum absolute atomic E-state index is 13.7. The van der Waals surface area contributed by atoms with E-state index >= 15 is 0 Å². The van der Waals surface area contributed by atoms with Gasteiger partial charge in [-0.25, -0.2) is 0 Å². The molecule has 7 heteroatoms. The molecule has 0 aromatic heterocycles. The van der Waals surface area contributed by atoms with E-state index in [1.165, 1.54) is 16.8 Å². The summed E-state index contributed by atoms with van der Waals surface area (Å²) in [6.07, 6.45) is 0. The van der Waals surface area contributed by atoms with Crippen LogP contribution in [-0.2, 0) is 9.59 Å². The number of aryl methyl sites for hydroxylation is 1. The average Bonchev–Trinajstić information content (AvgIpc) is 3.29. The number of hydrogen-bond donors (Lipinski definition) is 1. The van der Waals surface area contributed by atoms with E-state index in [9.17, 15) is 9.59 Å². The second-order valence-electron chi connectivity index (χ2n) is 10.3. The number of benzene rings is 2. The molecule has 2 saturated heterocycles. The third kappa shape index (κ3) is 5.49.